The summed E-state index contributed by atoms with van der Waals surface area (Å²) in [6.07, 6.45) is 3.50. The smallest absolute Gasteiger partial charge is 0.263 e. The molecule has 0 aromatic carbocycles. The first-order chi connectivity index (χ1) is 8.61. The highest BCUT2D eigenvalue weighted by Gasteiger charge is 2.25. The van der Waals surface area contributed by atoms with Crippen molar-refractivity contribution in [3.8, 4) is 0 Å². The van der Waals surface area contributed by atoms with Gasteiger partial charge in [0.15, 0.2) is 0 Å². The van der Waals surface area contributed by atoms with E-state index < -0.39 is 0 Å². The van der Waals surface area contributed by atoms with Crippen molar-refractivity contribution in [3.63, 3.8) is 0 Å². The van der Waals surface area contributed by atoms with Gasteiger partial charge >= 0.3 is 0 Å². The summed E-state index contributed by atoms with van der Waals surface area (Å²) in [5.41, 5.74) is 0.852. The van der Waals surface area contributed by atoms with Crippen LogP contribution in [0.5, 0.6) is 0 Å². The van der Waals surface area contributed by atoms with Crippen LogP contribution >= 0.6 is 11.3 Å². The van der Waals surface area contributed by atoms with Gasteiger partial charge in [0.1, 0.15) is 4.88 Å². The van der Waals surface area contributed by atoms with Crippen LogP contribution in [0.4, 0.5) is 0 Å². The fourth-order valence-corrected chi connectivity index (χ4v) is 2.86. The molecule has 1 amide bonds. The number of nitrogens with zero attached hydrogens (tertiary/aromatic N) is 2. The van der Waals surface area contributed by atoms with Gasteiger partial charge in [0.05, 0.1) is 10.7 Å². The molecule has 1 fully saturated rings. The Hall–Kier alpha value is -0.940. The number of carbonyl (C=O) groups is 1. The molecule has 0 aliphatic heterocycles. The lowest BCUT2D eigenvalue weighted by atomic mass is 10.3. The molecule has 18 heavy (non-hydrogen) atoms. The van der Waals surface area contributed by atoms with Gasteiger partial charge in [-0.05, 0) is 33.2 Å². The van der Waals surface area contributed by atoms with E-state index in [2.05, 4.69) is 29.2 Å². The Morgan fingerprint density at radius 1 is 1.56 bits per heavy atom. The fraction of sp³-hybridized carbons (Fsp3) is 0.692. The van der Waals surface area contributed by atoms with Crippen molar-refractivity contribution in [1.29, 1.82) is 0 Å². The monoisotopic (exact) mass is 267 g/mol. The average Bonchev–Trinajstić information content (AvgIpc) is 3.12. The highest BCUT2D eigenvalue weighted by Crippen LogP contribution is 2.24. The molecule has 0 radical (unpaired) electrons. The molecule has 1 aliphatic rings. The SMILES string of the molecule is CCc1nc(C)c(C(=O)NCCN(C)C2CC2)s1. The molecule has 2 rings (SSSR count). The van der Waals surface area contributed by atoms with Gasteiger partial charge in [0.25, 0.3) is 5.91 Å². The number of hydrogen-bond acceptors (Lipinski definition) is 4. The van der Waals surface area contributed by atoms with E-state index in [4.69, 9.17) is 0 Å². The van der Waals surface area contributed by atoms with E-state index in [1.807, 2.05) is 6.92 Å². The molecule has 1 heterocycles. The van der Waals surface area contributed by atoms with Gasteiger partial charge in [-0.25, -0.2) is 4.98 Å². The summed E-state index contributed by atoms with van der Waals surface area (Å²) >= 11 is 1.51. The summed E-state index contributed by atoms with van der Waals surface area (Å²) in [5, 5.41) is 4.02. The molecule has 1 aliphatic carbocycles. The number of likely N-dealkylation sites (N-methyl/N-ethyl adjacent to an activating group) is 1. The van der Waals surface area contributed by atoms with Crippen LogP contribution in [-0.2, 0) is 6.42 Å². The van der Waals surface area contributed by atoms with Gasteiger partial charge in [-0.1, -0.05) is 6.92 Å². The van der Waals surface area contributed by atoms with Crippen molar-refractivity contribution in [1.82, 2.24) is 15.2 Å². The van der Waals surface area contributed by atoms with Gasteiger partial charge in [-0.3, -0.25) is 4.79 Å². The maximum Gasteiger partial charge on any atom is 0.263 e. The number of aryl methyl sites for hydroxylation is 2. The molecule has 0 saturated heterocycles. The number of amides is 1. The third-order valence-corrected chi connectivity index (χ3v) is 4.57. The van der Waals surface area contributed by atoms with E-state index in [9.17, 15) is 4.79 Å². The molecule has 100 valence electrons. The Morgan fingerprint density at radius 3 is 2.83 bits per heavy atom. The summed E-state index contributed by atoms with van der Waals surface area (Å²) in [5.74, 6) is 0.0221. The third kappa shape index (κ3) is 3.29. The van der Waals surface area contributed by atoms with Gasteiger partial charge in [-0.15, -0.1) is 11.3 Å². The zero-order valence-electron chi connectivity index (χ0n) is 11.3. The first-order valence-electron chi connectivity index (χ1n) is 6.56. The van der Waals surface area contributed by atoms with Crippen LogP contribution in [0.15, 0.2) is 0 Å². The molecule has 4 nitrogen and oxygen atoms in total. The summed E-state index contributed by atoms with van der Waals surface area (Å²) in [7, 11) is 2.12. The van der Waals surface area contributed by atoms with Gasteiger partial charge < -0.3 is 10.2 Å². The maximum absolute atomic E-state index is 12.0. The summed E-state index contributed by atoms with van der Waals surface area (Å²) in [6, 6.07) is 0.749. The number of rotatable bonds is 6. The standard InChI is InChI=1S/C13H21N3OS/c1-4-11-15-9(2)12(18-11)13(17)14-7-8-16(3)10-5-6-10/h10H,4-8H2,1-3H3,(H,14,17). The number of aromatic nitrogens is 1. The zero-order valence-corrected chi connectivity index (χ0v) is 12.1. The second-order valence-corrected chi connectivity index (χ2v) is 5.93. The Labute approximate surface area is 112 Å². The molecule has 1 aromatic rings. The first-order valence-corrected chi connectivity index (χ1v) is 7.38. The van der Waals surface area contributed by atoms with Crippen LogP contribution in [0.2, 0.25) is 0 Å². The van der Waals surface area contributed by atoms with E-state index in [1.54, 1.807) is 0 Å². The van der Waals surface area contributed by atoms with Crippen molar-refractivity contribution in [2.75, 3.05) is 20.1 Å². The van der Waals surface area contributed by atoms with E-state index >= 15 is 0 Å². The third-order valence-electron chi connectivity index (χ3n) is 3.27. The highest BCUT2D eigenvalue weighted by molar-refractivity contribution is 7.13. The van der Waals surface area contributed by atoms with E-state index in [0.29, 0.717) is 6.54 Å². The van der Waals surface area contributed by atoms with E-state index in [1.165, 1.54) is 24.2 Å². The number of hydrogen-bond donors (Lipinski definition) is 1. The minimum Gasteiger partial charge on any atom is -0.350 e. The lowest BCUT2D eigenvalue weighted by molar-refractivity contribution is 0.0952. The molecule has 1 N–H and O–H groups in total. The van der Waals surface area contributed by atoms with Gasteiger partial charge in [0.2, 0.25) is 0 Å². The largest absolute Gasteiger partial charge is 0.350 e. The fourth-order valence-electron chi connectivity index (χ4n) is 1.94. The van der Waals surface area contributed by atoms with Crippen LogP contribution in [-0.4, -0.2) is 42.0 Å². The minimum absolute atomic E-state index is 0.0221. The molecule has 0 bridgehead atoms. The molecular formula is C13H21N3OS. The van der Waals surface area contributed by atoms with Crippen molar-refractivity contribution < 1.29 is 4.79 Å². The quantitative estimate of drug-likeness (QED) is 0.855. The van der Waals surface area contributed by atoms with Crippen molar-refractivity contribution in [2.24, 2.45) is 0 Å². The summed E-state index contributed by atoms with van der Waals surface area (Å²) < 4.78 is 0. The van der Waals surface area contributed by atoms with Crippen LogP contribution in [0.3, 0.4) is 0 Å². The molecule has 0 spiro atoms. The maximum atomic E-state index is 12.0. The molecule has 1 saturated carbocycles. The van der Waals surface area contributed by atoms with Crippen molar-refractivity contribution in [2.45, 2.75) is 39.2 Å². The lowest BCUT2D eigenvalue weighted by Gasteiger charge is -2.15. The zero-order chi connectivity index (χ0) is 13.1. The number of carbonyl (C=O) groups excluding carboxylic acids is 1. The Balaban J connectivity index is 1.81. The van der Waals surface area contributed by atoms with Crippen LogP contribution in [0.1, 0.15) is 40.1 Å². The second kappa shape index (κ2) is 5.80. The molecule has 5 heteroatoms. The highest BCUT2D eigenvalue weighted by atomic mass is 32.1. The number of thiazole rings is 1. The Morgan fingerprint density at radius 2 is 2.28 bits per heavy atom. The topological polar surface area (TPSA) is 45.2 Å². The predicted molar refractivity (Wildman–Crippen MR) is 74.2 cm³/mol. The summed E-state index contributed by atoms with van der Waals surface area (Å²) in [4.78, 5) is 19.5. The molecule has 0 atom stereocenters. The average molecular weight is 267 g/mol. The first kappa shape index (κ1) is 13.5. The van der Waals surface area contributed by atoms with E-state index in [0.717, 1.165) is 34.6 Å². The van der Waals surface area contributed by atoms with Gasteiger partial charge in [-0.2, -0.15) is 0 Å². The molecular weight excluding hydrogens is 246 g/mol. The minimum atomic E-state index is 0.0221. The van der Waals surface area contributed by atoms with Crippen molar-refractivity contribution >= 4 is 17.2 Å². The number of nitrogens with one attached hydrogen (secondary N) is 1. The second-order valence-electron chi connectivity index (χ2n) is 4.84. The molecule has 1 aromatic heterocycles. The Kier molecular flexibility index (Phi) is 4.35. The Bertz CT molecular complexity index is 426. The van der Waals surface area contributed by atoms with Crippen LogP contribution in [0.25, 0.3) is 0 Å². The van der Waals surface area contributed by atoms with Crippen LogP contribution in [0, 0.1) is 6.92 Å². The molecule has 0 unspecified atom stereocenters. The predicted octanol–water partition coefficient (Wildman–Crippen LogP) is 1.84. The van der Waals surface area contributed by atoms with Crippen molar-refractivity contribution in [3.05, 3.63) is 15.6 Å². The normalized spacial score (nSPS) is 15.1. The lowest BCUT2D eigenvalue weighted by Crippen LogP contribution is -2.33. The van der Waals surface area contributed by atoms with Crippen LogP contribution < -0.4 is 5.32 Å². The van der Waals surface area contributed by atoms with Gasteiger partial charge in [0, 0.05) is 19.1 Å². The summed E-state index contributed by atoms with van der Waals surface area (Å²) in [6.45, 7) is 5.60. The van der Waals surface area contributed by atoms with E-state index in [-0.39, 0.29) is 5.91 Å².